The molecule has 8 heteroatoms. The average Bonchev–Trinajstić information content (AvgIpc) is 2.65. The fourth-order valence-electron chi connectivity index (χ4n) is 2.23. The number of thioether (sulfide) groups is 1. The molecule has 0 aliphatic carbocycles. The number of carbonyl (C=O) groups excluding carboxylic acids is 1. The predicted molar refractivity (Wildman–Crippen MR) is 106 cm³/mol. The zero-order chi connectivity index (χ0) is 19.0. The lowest BCUT2D eigenvalue weighted by molar-refractivity contribution is -0.115. The van der Waals surface area contributed by atoms with E-state index in [1.54, 1.807) is 12.1 Å². The van der Waals surface area contributed by atoms with E-state index in [1.165, 1.54) is 23.9 Å². The number of carbonyl (C=O) groups is 1. The van der Waals surface area contributed by atoms with E-state index in [0.717, 1.165) is 4.90 Å². The molecule has 0 aliphatic rings. The molecule has 1 atom stereocenters. The Balaban J connectivity index is 2.09. The van der Waals surface area contributed by atoms with Crippen molar-refractivity contribution >= 4 is 33.4 Å². The fourth-order valence-corrected chi connectivity index (χ4v) is 4.29. The summed E-state index contributed by atoms with van der Waals surface area (Å²) in [7, 11) is -3.64. The van der Waals surface area contributed by atoms with Gasteiger partial charge < -0.3 is 11.1 Å². The van der Waals surface area contributed by atoms with E-state index in [0.29, 0.717) is 12.1 Å². The summed E-state index contributed by atoms with van der Waals surface area (Å²) in [5, 5.41) is 2.53. The molecule has 1 amide bonds. The second-order valence-electron chi connectivity index (χ2n) is 5.53. The molecule has 2 rings (SSSR count). The molecule has 0 heterocycles. The highest BCUT2D eigenvalue weighted by Gasteiger charge is 2.19. The number of anilines is 1. The van der Waals surface area contributed by atoms with Crippen molar-refractivity contribution < 1.29 is 13.2 Å². The molecule has 0 bridgehead atoms. The Morgan fingerprint density at radius 2 is 1.88 bits per heavy atom. The Hall–Kier alpha value is -1.87. The van der Waals surface area contributed by atoms with Gasteiger partial charge in [0.25, 0.3) is 0 Å². The Kier molecular flexibility index (Phi) is 7.65. The molecule has 1 unspecified atom stereocenters. The second kappa shape index (κ2) is 9.72. The minimum atomic E-state index is -3.64. The van der Waals surface area contributed by atoms with Crippen LogP contribution in [0.1, 0.15) is 13.3 Å². The third-order valence-electron chi connectivity index (χ3n) is 3.53. The molecule has 4 N–H and O–H groups in total. The lowest BCUT2D eigenvalue weighted by Gasteiger charge is -2.15. The Bertz CT molecular complexity index is 827. The maximum atomic E-state index is 12.6. The minimum Gasteiger partial charge on any atom is -0.329 e. The molecule has 6 nitrogen and oxygen atoms in total. The van der Waals surface area contributed by atoms with Crippen molar-refractivity contribution in [1.29, 1.82) is 0 Å². The van der Waals surface area contributed by atoms with Gasteiger partial charge in [-0.15, -0.1) is 11.8 Å². The van der Waals surface area contributed by atoms with Crippen LogP contribution in [-0.4, -0.2) is 32.7 Å². The monoisotopic (exact) mass is 393 g/mol. The van der Waals surface area contributed by atoms with E-state index in [1.807, 2.05) is 37.3 Å². The van der Waals surface area contributed by atoms with Gasteiger partial charge in [-0.2, -0.15) is 0 Å². The van der Waals surface area contributed by atoms with Crippen LogP contribution in [0.15, 0.2) is 64.4 Å². The normalized spacial score (nSPS) is 12.5. The topological polar surface area (TPSA) is 101 Å². The maximum absolute atomic E-state index is 12.6. The predicted octanol–water partition coefficient (Wildman–Crippen LogP) is 2.43. The summed E-state index contributed by atoms with van der Waals surface area (Å²) in [6, 6.07) is 15.9. The van der Waals surface area contributed by atoms with Gasteiger partial charge in [-0.1, -0.05) is 31.2 Å². The first-order valence-electron chi connectivity index (χ1n) is 8.28. The third kappa shape index (κ3) is 5.84. The van der Waals surface area contributed by atoms with E-state index < -0.39 is 10.0 Å². The largest absolute Gasteiger partial charge is 0.329 e. The van der Waals surface area contributed by atoms with Crippen molar-refractivity contribution in [2.75, 3.05) is 18.4 Å². The number of nitrogens with one attached hydrogen (secondary N) is 2. The first kappa shape index (κ1) is 20.4. The van der Waals surface area contributed by atoms with Gasteiger partial charge >= 0.3 is 0 Å². The fraction of sp³-hybridized carbons (Fsp3) is 0.278. The quantitative estimate of drug-likeness (QED) is 0.568. The van der Waals surface area contributed by atoms with Crippen LogP contribution in [-0.2, 0) is 14.8 Å². The molecule has 0 spiro atoms. The van der Waals surface area contributed by atoms with Crippen molar-refractivity contribution in [3.8, 4) is 0 Å². The molecule has 0 fully saturated rings. The number of amides is 1. The van der Waals surface area contributed by atoms with E-state index in [2.05, 4.69) is 10.0 Å². The number of hydrogen-bond acceptors (Lipinski definition) is 5. The Labute approximate surface area is 158 Å². The molecule has 0 radical (unpaired) electrons. The first-order chi connectivity index (χ1) is 12.5. The van der Waals surface area contributed by atoms with Crippen LogP contribution in [0.3, 0.4) is 0 Å². The van der Waals surface area contributed by atoms with Gasteiger partial charge in [0.1, 0.15) is 0 Å². The molecule has 0 aromatic heterocycles. The van der Waals surface area contributed by atoms with Gasteiger partial charge in [0.05, 0.1) is 10.1 Å². The van der Waals surface area contributed by atoms with Crippen LogP contribution in [0.2, 0.25) is 0 Å². The Morgan fingerprint density at radius 3 is 2.54 bits per heavy atom. The number of benzene rings is 2. The average molecular weight is 394 g/mol. The minimum absolute atomic E-state index is 0.0903. The first-order valence-corrected chi connectivity index (χ1v) is 10.6. The summed E-state index contributed by atoms with van der Waals surface area (Å²) in [6.45, 7) is 2.31. The molecule has 140 valence electrons. The van der Waals surface area contributed by atoms with Crippen LogP contribution in [0.4, 0.5) is 5.69 Å². The number of sulfonamides is 1. The summed E-state index contributed by atoms with van der Waals surface area (Å²) >= 11 is 1.48. The third-order valence-corrected chi connectivity index (χ3v) is 6.37. The van der Waals surface area contributed by atoms with Crippen molar-refractivity contribution in [3.63, 3.8) is 0 Å². The highest BCUT2D eigenvalue weighted by Crippen LogP contribution is 2.26. The van der Waals surface area contributed by atoms with Crippen LogP contribution in [0, 0.1) is 0 Å². The van der Waals surface area contributed by atoms with Crippen molar-refractivity contribution in [1.82, 2.24) is 4.72 Å². The maximum Gasteiger partial charge on any atom is 0.240 e. The van der Waals surface area contributed by atoms with Crippen LogP contribution in [0.25, 0.3) is 0 Å². The lowest BCUT2D eigenvalue weighted by Crippen LogP contribution is -2.29. The van der Waals surface area contributed by atoms with Gasteiger partial charge in [0.15, 0.2) is 0 Å². The van der Waals surface area contributed by atoms with E-state index in [9.17, 15) is 13.2 Å². The summed E-state index contributed by atoms with van der Waals surface area (Å²) in [5.41, 5.74) is 5.78. The summed E-state index contributed by atoms with van der Waals surface area (Å²) in [4.78, 5) is 13.7. The van der Waals surface area contributed by atoms with E-state index in [-0.39, 0.29) is 29.1 Å². The van der Waals surface area contributed by atoms with Crippen LogP contribution in [0.5, 0.6) is 0 Å². The molecule has 0 saturated carbocycles. The van der Waals surface area contributed by atoms with Crippen molar-refractivity contribution in [3.05, 3.63) is 54.6 Å². The van der Waals surface area contributed by atoms with Crippen LogP contribution >= 0.6 is 11.8 Å². The highest BCUT2D eigenvalue weighted by molar-refractivity contribution is 8.00. The molecule has 2 aromatic carbocycles. The van der Waals surface area contributed by atoms with E-state index in [4.69, 9.17) is 5.73 Å². The Morgan fingerprint density at radius 1 is 1.15 bits per heavy atom. The summed E-state index contributed by atoms with van der Waals surface area (Å²) in [6.07, 6.45) is 0.654. The molecule has 0 saturated heterocycles. The van der Waals surface area contributed by atoms with Crippen molar-refractivity contribution in [2.45, 2.75) is 28.4 Å². The highest BCUT2D eigenvalue weighted by atomic mass is 32.2. The SMILES string of the molecule is CCC(Sc1ccccc1)C(=O)Nc1cccc(S(=O)(=O)NCCN)c1. The molecular weight excluding hydrogens is 370 g/mol. The second-order valence-corrected chi connectivity index (χ2v) is 8.57. The van der Waals surface area contributed by atoms with Gasteiger partial charge in [-0.3, -0.25) is 4.79 Å². The smallest absolute Gasteiger partial charge is 0.240 e. The number of rotatable bonds is 9. The number of nitrogens with two attached hydrogens (primary N) is 1. The van der Waals surface area contributed by atoms with Gasteiger partial charge in [0.2, 0.25) is 15.9 Å². The summed E-state index contributed by atoms with van der Waals surface area (Å²) in [5.74, 6) is -0.161. The molecule has 2 aromatic rings. The van der Waals surface area contributed by atoms with Crippen molar-refractivity contribution in [2.24, 2.45) is 5.73 Å². The van der Waals surface area contributed by atoms with E-state index >= 15 is 0 Å². The molecular formula is C18H23N3O3S2. The summed E-state index contributed by atoms with van der Waals surface area (Å²) < 4.78 is 26.8. The zero-order valence-corrected chi connectivity index (χ0v) is 16.1. The molecule has 0 aliphatic heterocycles. The standard InChI is InChI=1S/C18H23N3O3S2/c1-2-17(25-15-8-4-3-5-9-15)18(22)21-14-7-6-10-16(13-14)26(23,24)20-12-11-19/h3-10,13,17,20H,2,11-12,19H2,1H3,(H,21,22). The van der Waals surface area contributed by atoms with Crippen LogP contribution < -0.4 is 15.8 Å². The number of hydrogen-bond donors (Lipinski definition) is 3. The molecule has 26 heavy (non-hydrogen) atoms. The zero-order valence-electron chi connectivity index (χ0n) is 14.5. The lowest BCUT2D eigenvalue weighted by atomic mass is 10.2. The van der Waals surface area contributed by atoms with Gasteiger partial charge in [0, 0.05) is 23.7 Å². The van der Waals surface area contributed by atoms with Gasteiger partial charge in [-0.05, 0) is 36.8 Å². The van der Waals surface area contributed by atoms with Gasteiger partial charge in [-0.25, -0.2) is 13.1 Å².